The van der Waals surface area contributed by atoms with E-state index in [1.165, 1.54) is 37.9 Å². The Morgan fingerprint density at radius 2 is 2.12 bits per heavy atom. The van der Waals surface area contributed by atoms with Gasteiger partial charge >= 0.3 is 7.82 Å². The van der Waals surface area contributed by atoms with Gasteiger partial charge in [-0.05, 0) is 36.6 Å². The number of hydrogen-bond donors (Lipinski definition) is 4. The number of ketones is 1. The second kappa shape index (κ2) is 11.0. The quantitative estimate of drug-likeness (QED) is 0.273. The van der Waals surface area contributed by atoms with Gasteiger partial charge in [-0.3, -0.25) is 18.4 Å². The van der Waals surface area contributed by atoms with Crippen molar-refractivity contribution < 1.29 is 39.3 Å². The molecule has 6 N–H and O–H groups in total. The Morgan fingerprint density at radius 1 is 1.37 bits per heavy atom. The molecular weight excluding hydrogens is 577 g/mol. The van der Waals surface area contributed by atoms with Crippen molar-refractivity contribution in [3.8, 4) is 0 Å². The summed E-state index contributed by atoms with van der Waals surface area (Å²) in [5, 5.41) is 24.8. The molecule has 2 fully saturated rings. The van der Waals surface area contributed by atoms with Crippen LogP contribution in [0, 0.1) is 5.89 Å². The molecule has 0 bridgehead atoms. The van der Waals surface area contributed by atoms with Crippen LogP contribution in [-0.4, -0.2) is 67.1 Å². The van der Waals surface area contributed by atoms with Crippen LogP contribution in [0.3, 0.4) is 0 Å². The zero-order valence-electron chi connectivity index (χ0n) is 23.6. The van der Waals surface area contributed by atoms with Crippen LogP contribution in [0.15, 0.2) is 42.9 Å². The summed E-state index contributed by atoms with van der Waals surface area (Å²) in [6, 6.07) is 6.88. The fraction of sp³-hybridized carbons (Fsp3) is 0.500. The molecule has 2 saturated heterocycles. The van der Waals surface area contributed by atoms with Crippen molar-refractivity contribution in [2.45, 2.75) is 62.9 Å². The van der Waals surface area contributed by atoms with E-state index in [-0.39, 0.29) is 18.1 Å². The summed E-state index contributed by atoms with van der Waals surface area (Å²) in [6.45, 7) is 3.29. The summed E-state index contributed by atoms with van der Waals surface area (Å²) in [4.78, 5) is 21.9. The predicted octanol–water partition coefficient (Wildman–Crippen LogP) is 2.90. The van der Waals surface area contributed by atoms with Gasteiger partial charge < -0.3 is 31.0 Å². The lowest BCUT2D eigenvalue weighted by Crippen LogP contribution is -2.66. The topological polar surface area (TPSA) is 194 Å². The molecule has 1 aromatic carbocycles. The zero-order valence-corrected chi connectivity index (χ0v) is 24.3. The van der Waals surface area contributed by atoms with E-state index in [0.29, 0.717) is 22.4 Å². The number of aliphatic hydroxyl groups is 2. The highest BCUT2D eigenvalue weighted by Gasteiger charge is 2.69. The smallest absolute Gasteiger partial charge is 0.383 e. The van der Waals surface area contributed by atoms with Crippen molar-refractivity contribution in [3.05, 3.63) is 53.4 Å². The largest absolute Gasteiger partial charge is 0.475 e. The number of ether oxygens (including phenoxy) is 1. The average Bonchev–Trinajstić information content (AvgIpc) is 3.44. The molecular formula is C26H33ClN5O8P. The van der Waals surface area contributed by atoms with Crippen LogP contribution in [0.1, 0.15) is 46.5 Å². The van der Waals surface area contributed by atoms with Crippen molar-refractivity contribution in [3.63, 3.8) is 0 Å². The standard InChI is InChI=1S/C26H33ClN5O8P/c1-14(2)20(28)21(33)26(35)19(12-38-41(36)37-10-8-18(40-41)15-5-4-6-16(27)11-15)39-24(25(26,3)34)32-9-7-17-22(29)30-13-31-23(17)32/h4-7,9,11,13-14,18-20,24,34-35H,8,10,12,28H2,1-3H3,(H2,29,30,31)/t18-,19+,20-,24+,25-,26-,41?/m0/s1/i14D. The maximum atomic E-state index is 13.8. The summed E-state index contributed by atoms with van der Waals surface area (Å²) < 4.78 is 46.0. The lowest BCUT2D eigenvalue weighted by atomic mass is 9.74. The van der Waals surface area contributed by atoms with E-state index < -0.39 is 61.8 Å². The molecule has 4 heterocycles. The fourth-order valence-corrected chi connectivity index (χ4v) is 6.74. The molecule has 41 heavy (non-hydrogen) atoms. The van der Waals surface area contributed by atoms with E-state index in [2.05, 4.69) is 9.97 Å². The van der Waals surface area contributed by atoms with Crippen LogP contribution in [0.5, 0.6) is 0 Å². The number of aromatic nitrogens is 3. The molecule has 3 aromatic rings. The van der Waals surface area contributed by atoms with Crippen LogP contribution in [-0.2, 0) is 27.7 Å². The Labute approximate surface area is 242 Å². The molecule has 0 saturated carbocycles. The summed E-state index contributed by atoms with van der Waals surface area (Å²) in [5.41, 5.74) is 7.88. The number of hydrogen-bond acceptors (Lipinski definition) is 12. The van der Waals surface area contributed by atoms with Gasteiger partial charge in [-0.1, -0.05) is 37.6 Å². The zero-order chi connectivity index (χ0) is 30.7. The van der Waals surface area contributed by atoms with E-state index in [9.17, 15) is 19.6 Å². The molecule has 2 aromatic heterocycles. The number of Topliss-reactive ketones (excluding diaryl/α,β-unsaturated/α-hetero) is 1. The lowest BCUT2D eigenvalue weighted by Gasteiger charge is -2.39. The van der Waals surface area contributed by atoms with Crippen LogP contribution < -0.4 is 11.5 Å². The Bertz CT molecular complexity index is 1550. The number of phosphoric acid groups is 1. The van der Waals surface area contributed by atoms with Gasteiger partial charge in [-0.2, -0.15) is 0 Å². The number of fused-ring (bicyclic) bond motifs is 1. The van der Waals surface area contributed by atoms with Crippen molar-refractivity contribution in [2.24, 2.45) is 11.6 Å². The Morgan fingerprint density at radius 3 is 2.83 bits per heavy atom. The minimum atomic E-state index is -4.25. The first-order valence-corrected chi connectivity index (χ1v) is 14.7. The Balaban J connectivity index is 1.48. The third-order valence-electron chi connectivity index (χ3n) is 7.57. The van der Waals surface area contributed by atoms with Crippen molar-refractivity contribution >= 4 is 42.1 Å². The first-order valence-electron chi connectivity index (χ1n) is 13.4. The number of carbonyl (C=O) groups is 1. The van der Waals surface area contributed by atoms with Gasteiger partial charge in [0.05, 0.1) is 30.7 Å². The summed E-state index contributed by atoms with van der Waals surface area (Å²) in [7, 11) is -4.25. The van der Waals surface area contributed by atoms with Gasteiger partial charge in [0.1, 0.15) is 29.5 Å². The Hall–Kier alpha value is -2.45. The molecule has 15 heteroatoms. The highest BCUT2D eigenvalue weighted by Crippen LogP contribution is 2.58. The minimum absolute atomic E-state index is 0.0257. The Kier molecular flexibility index (Phi) is 7.68. The summed E-state index contributed by atoms with van der Waals surface area (Å²) in [6.07, 6.45) is -0.651. The van der Waals surface area contributed by atoms with Crippen molar-refractivity contribution in [2.75, 3.05) is 18.9 Å². The molecule has 0 amide bonds. The minimum Gasteiger partial charge on any atom is -0.383 e. The maximum Gasteiger partial charge on any atom is 0.475 e. The number of rotatable bonds is 8. The molecule has 1 unspecified atom stereocenters. The molecule has 0 aliphatic carbocycles. The molecule has 13 nitrogen and oxygen atoms in total. The third kappa shape index (κ3) is 5.20. The number of nitrogens with zero attached hydrogens (tertiary/aromatic N) is 3. The van der Waals surface area contributed by atoms with Crippen LogP contribution >= 0.6 is 19.4 Å². The second-order valence-electron chi connectivity index (χ2n) is 10.5. The van der Waals surface area contributed by atoms with Gasteiger partial charge in [0.15, 0.2) is 17.6 Å². The highest BCUT2D eigenvalue weighted by atomic mass is 35.5. The molecule has 222 valence electrons. The predicted molar refractivity (Wildman–Crippen MR) is 149 cm³/mol. The van der Waals surface area contributed by atoms with E-state index in [0.717, 1.165) is 0 Å². The normalized spacial score (nSPS) is 33.5. The monoisotopic (exact) mass is 610 g/mol. The number of halogens is 1. The van der Waals surface area contributed by atoms with Gasteiger partial charge in [-0.15, -0.1) is 0 Å². The van der Waals surface area contributed by atoms with E-state index in [1.54, 1.807) is 30.3 Å². The first kappa shape index (κ1) is 28.7. The van der Waals surface area contributed by atoms with Gasteiger partial charge in [-0.25, -0.2) is 14.5 Å². The van der Waals surface area contributed by atoms with Gasteiger partial charge in [0.25, 0.3) is 0 Å². The van der Waals surface area contributed by atoms with Crippen molar-refractivity contribution in [1.82, 2.24) is 14.5 Å². The number of nitrogen functional groups attached to an aromatic ring is 1. The van der Waals surface area contributed by atoms with Crippen LogP contribution in [0.25, 0.3) is 11.0 Å². The van der Waals surface area contributed by atoms with Gasteiger partial charge in [0.2, 0.25) is 0 Å². The lowest BCUT2D eigenvalue weighted by molar-refractivity contribution is -0.173. The molecule has 7 atom stereocenters. The number of phosphoric ester groups is 1. The second-order valence-corrected chi connectivity index (χ2v) is 12.6. The summed E-state index contributed by atoms with van der Waals surface area (Å²) in [5.74, 6) is -2.45. The average molecular weight is 611 g/mol. The number of anilines is 1. The summed E-state index contributed by atoms with van der Waals surface area (Å²) >= 11 is 6.10. The van der Waals surface area contributed by atoms with E-state index in [1.807, 2.05) is 0 Å². The molecule has 0 spiro atoms. The van der Waals surface area contributed by atoms with Gasteiger partial charge in [0, 0.05) is 19.0 Å². The number of nitrogens with two attached hydrogens (primary N) is 2. The van der Waals surface area contributed by atoms with Crippen LogP contribution in [0.4, 0.5) is 5.82 Å². The maximum absolute atomic E-state index is 13.8. The number of benzene rings is 1. The van der Waals surface area contributed by atoms with E-state index >= 15 is 0 Å². The fourth-order valence-electron chi connectivity index (χ4n) is 5.16. The number of carbonyl (C=O) groups excluding carboxylic acids is 1. The molecule has 5 rings (SSSR count). The van der Waals surface area contributed by atoms with E-state index in [4.69, 9.17) is 42.7 Å². The third-order valence-corrected chi connectivity index (χ3v) is 9.29. The van der Waals surface area contributed by atoms with Crippen molar-refractivity contribution in [1.29, 1.82) is 0 Å². The van der Waals surface area contributed by atoms with Crippen LogP contribution in [0.2, 0.25) is 5.02 Å². The highest BCUT2D eigenvalue weighted by molar-refractivity contribution is 7.48. The SMILES string of the molecule is [2H]C(C)(C)[C@H](N)C(=O)[C@@]1(O)[C@@H](COP2(=O)OCC[C@@H](c3cccc(Cl)c3)O2)O[C@@H](n2ccc3c(N)ncnc32)[C@]1(C)O. The molecule has 2 aliphatic heterocycles. The molecule has 2 aliphatic rings. The first-order chi connectivity index (χ1) is 19.6. The molecule has 0 radical (unpaired) electrons.